The van der Waals surface area contributed by atoms with Gasteiger partial charge in [-0.15, -0.1) is 0 Å². The SMILES string of the molecule is CCOCC(=O)N1CCC[C@@H](C(=O)OCC)C1. The van der Waals surface area contributed by atoms with Crippen molar-refractivity contribution in [1.29, 1.82) is 0 Å². The predicted molar refractivity (Wildman–Crippen MR) is 62.4 cm³/mol. The lowest BCUT2D eigenvalue weighted by atomic mass is 9.98. The molecule has 0 bridgehead atoms. The Bertz CT molecular complexity index is 267. The van der Waals surface area contributed by atoms with Crippen LogP contribution < -0.4 is 0 Å². The monoisotopic (exact) mass is 243 g/mol. The third-order valence-electron chi connectivity index (χ3n) is 2.82. The Hall–Kier alpha value is -1.10. The summed E-state index contributed by atoms with van der Waals surface area (Å²) >= 11 is 0. The Labute approximate surface area is 102 Å². The third-order valence-corrected chi connectivity index (χ3v) is 2.82. The molecule has 1 aliphatic heterocycles. The van der Waals surface area contributed by atoms with Gasteiger partial charge in [-0.05, 0) is 26.7 Å². The number of rotatable bonds is 5. The van der Waals surface area contributed by atoms with E-state index >= 15 is 0 Å². The van der Waals surface area contributed by atoms with Crippen LogP contribution >= 0.6 is 0 Å². The van der Waals surface area contributed by atoms with Crippen molar-refractivity contribution in [2.45, 2.75) is 26.7 Å². The summed E-state index contributed by atoms with van der Waals surface area (Å²) < 4.78 is 10.1. The van der Waals surface area contributed by atoms with Crippen molar-refractivity contribution < 1.29 is 19.1 Å². The van der Waals surface area contributed by atoms with E-state index in [-0.39, 0.29) is 24.4 Å². The Morgan fingerprint density at radius 2 is 2.06 bits per heavy atom. The fourth-order valence-corrected chi connectivity index (χ4v) is 1.94. The molecule has 0 unspecified atom stereocenters. The predicted octanol–water partition coefficient (Wildman–Crippen LogP) is 0.825. The van der Waals surface area contributed by atoms with Crippen molar-refractivity contribution in [2.75, 3.05) is 32.9 Å². The molecule has 1 atom stereocenters. The molecule has 1 aliphatic rings. The van der Waals surface area contributed by atoms with E-state index in [0.717, 1.165) is 12.8 Å². The van der Waals surface area contributed by atoms with Crippen molar-refractivity contribution in [3.8, 4) is 0 Å². The minimum absolute atomic E-state index is 0.0409. The van der Waals surface area contributed by atoms with Crippen molar-refractivity contribution in [3.05, 3.63) is 0 Å². The second-order valence-corrected chi connectivity index (χ2v) is 4.07. The number of carbonyl (C=O) groups is 2. The van der Waals surface area contributed by atoms with Crippen molar-refractivity contribution in [3.63, 3.8) is 0 Å². The van der Waals surface area contributed by atoms with Crippen LogP contribution in [0.3, 0.4) is 0 Å². The Balaban J connectivity index is 2.42. The molecule has 5 heteroatoms. The fourth-order valence-electron chi connectivity index (χ4n) is 1.94. The molecule has 0 N–H and O–H groups in total. The van der Waals surface area contributed by atoms with Gasteiger partial charge in [0.05, 0.1) is 12.5 Å². The number of nitrogens with zero attached hydrogens (tertiary/aromatic N) is 1. The van der Waals surface area contributed by atoms with E-state index in [0.29, 0.717) is 26.3 Å². The Kier molecular flexibility index (Phi) is 5.97. The second-order valence-electron chi connectivity index (χ2n) is 4.07. The minimum atomic E-state index is -0.193. The molecular formula is C12H21NO4. The van der Waals surface area contributed by atoms with Gasteiger partial charge in [0.15, 0.2) is 0 Å². The number of esters is 1. The van der Waals surface area contributed by atoms with Crippen LogP contribution in [0.4, 0.5) is 0 Å². The van der Waals surface area contributed by atoms with Gasteiger partial charge in [-0.3, -0.25) is 9.59 Å². The number of likely N-dealkylation sites (tertiary alicyclic amines) is 1. The highest BCUT2D eigenvalue weighted by Crippen LogP contribution is 2.18. The van der Waals surface area contributed by atoms with Gasteiger partial charge in [0.2, 0.25) is 5.91 Å². The van der Waals surface area contributed by atoms with E-state index in [2.05, 4.69) is 0 Å². The summed E-state index contributed by atoms with van der Waals surface area (Å²) in [5.74, 6) is -0.406. The van der Waals surface area contributed by atoms with Crippen LogP contribution in [-0.2, 0) is 19.1 Å². The van der Waals surface area contributed by atoms with E-state index < -0.39 is 0 Å². The Morgan fingerprint density at radius 3 is 2.71 bits per heavy atom. The van der Waals surface area contributed by atoms with E-state index in [4.69, 9.17) is 9.47 Å². The van der Waals surface area contributed by atoms with Crippen molar-refractivity contribution >= 4 is 11.9 Å². The summed E-state index contributed by atoms with van der Waals surface area (Å²) in [5.41, 5.74) is 0. The highest BCUT2D eigenvalue weighted by Gasteiger charge is 2.29. The Morgan fingerprint density at radius 1 is 1.29 bits per heavy atom. The van der Waals surface area contributed by atoms with Gasteiger partial charge in [-0.2, -0.15) is 0 Å². The largest absolute Gasteiger partial charge is 0.466 e. The van der Waals surface area contributed by atoms with Crippen LogP contribution in [0, 0.1) is 5.92 Å². The first-order valence-electron chi connectivity index (χ1n) is 6.21. The average molecular weight is 243 g/mol. The molecule has 0 spiro atoms. The topological polar surface area (TPSA) is 55.8 Å². The van der Waals surface area contributed by atoms with E-state index in [1.165, 1.54) is 0 Å². The molecule has 0 aliphatic carbocycles. The third kappa shape index (κ3) is 4.34. The van der Waals surface area contributed by atoms with Gasteiger partial charge < -0.3 is 14.4 Å². The van der Waals surface area contributed by atoms with Gasteiger partial charge in [-0.25, -0.2) is 0 Å². The molecule has 5 nitrogen and oxygen atoms in total. The molecular weight excluding hydrogens is 222 g/mol. The molecule has 1 heterocycles. The number of carbonyl (C=O) groups excluding carboxylic acids is 2. The lowest BCUT2D eigenvalue weighted by molar-refractivity contribution is -0.152. The molecule has 1 rings (SSSR count). The first-order chi connectivity index (χ1) is 8.19. The molecule has 0 radical (unpaired) electrons. The highest BCUT2D eigenvalue weighted by molar-refractivity contribution is 5.79. The maximum Gasteiger partial charge on any atom is 0.310 e. The fraction of sp³-hybridized carbons (Fsp3) is 0.833. The first-order valence-corrected chi connectivity index (χ1v) is 6.21. The van der Waals surface area contributed by atoms with Gasteiger partial charge in [0, 0.05) is 19.7 Å². The first kappa shape index (κ1) is 14.0. The molecule has 17 heavy (non-hydrogen) atoms. The molecule has 0 aromatic carbocycles. The van der Waals surface area contributed by atoms with Gasteiger partial charge in [0.25, 0.3) is 0 Å². The molecule has 0 aromatic rings. The standard InChI is InChI=1S/C12H21NO4/c1-3-16-9-11(14)13-7-5-6-10(8-13)12(15)17-4-2/h10H,3-9H2,1-2H3/t10-/m1/s1. The zero-order valence-electron chi connectivity index (χ0n) is 10.6. The number of hydrogen-bond donors (Lipinski definition) is 0. The number of hydrogen-bond acceptors (Lipinski definition) is 4. The summed E-state index contributed by atoms with van der Waals surface area (Å²) in [4.78, 5) is 25.0. The van der Waals surface area contributed by atoms with Crippen LogP contribution in [-0.4, -0.2) is 49.7 Å². The normalized spacial score (nSPS) is 20.1. The van der Waals surface area contributed by atoms with Crippen LogP contribution in [0.25, 0.3) is 0 Å². The molecule has 98 valence electrons. The molecule has 0 aromatic heterocycles. The minimum Gasteiger partial charge on any atom is -0.466 e. The van der Waals surface area contributed by atoms with Gasteiger partial charge in [-0.1, -0.05) is 0 Å². The number of amides is 1. The lowest BCUT2D eigenvalue weighted by Gasteiger charge is -2.31. The quantitative estimate of drug-likeness (QED) is 0.671. The van der Waals surface area contributed by atoms with Crippen LogP contribution in [0.5, 0.6) is 0 Å². The lowest BCUT2D eigenvalue weighted by Crippen LogP contribution is -2.44. The van der Waals surface area contributed by atoms with Gasteiger partial charge >= 0.3 is 5.97 Å². The maximum absolute atomic E-state index is 11.7. The summed E-state index contributed by atoms with van der Waals surface area (Å²) in [6.07, 6.45) is 1.65. The smallest absolute Gasteiger partial charge is 0.310 e. The van der Waals surface area contributed by atoms with Crippen LogP contribution in [0.15, 0.2) is 0 Å². The number of piperidine rings is 1. The van der Waals surface area contributed by atoms with Crippen molar-refractivity contribution in [2.24, 2.45) is 5.92 Å². The maximum atomic E-state index is 11.7. The zero-order chi connectivity index (χ0) is 12.7. The highest BCUT2D eigenvalue weighted by atomic mass is 16.5. The zero-order valence-corrected chi connectivity index (χ0v) is 10.6. The summed E-state index contributed by atoms with van der Waals surface area (Å²) in [7, 11) is 0. The molecule has 1 amide bonds. The number of ether oxygens (including phenoxy) is 2. The summed E-state index contributed by atoms with van der Waals surface area (Å²) in [5, 5.41) is 0. The molecule has 0 saturated carbocycles. The van der Waals surface area contributed by atoms with E-state index in [1.54, 1.807) is 11.8 Å². The average Bonchev–Trinajstić information content (AvgIpc) is 2.36. The van der Waals surface area contributed by atoms with Crippen molar-refractivity contribution in [1.82, 2.24) is 4.90 Å². The molecule has 1 saturated heterocycles. The van der Waals surface area contributed by atoms with E-state index in [9.17, 15) is 9.59 Å². The molecule has 1 fully saturated rings. The van der Waals surface area contributed by atoms with Gasteiger partial charge in [0.1, 0.15) is 6.61 Å². The van der Waals surface area contributed by atoms with Crippen LogP contribution in [0.1, 0.15) is 26.7 Å². The second kappa shape index (κ2) is 7.27. The summed E-state index contributed by atoms with van der Waals surface area (Å²) in [6.45, 7) is 5.84. The van der Waals surface area contributed by atoms with E-state index in [1.807, 2.05) is 6.92 Å². The summed E-state index contributed by atoms with van der Waals surface area (Å²) in [6, 6.07) is 0. The van der Waals surface area contributed by atoms with Crippen LogP contribution in [0.2, 0.25) is 0 Å².